The van der Waals surface area contributed by atoms with Crippen LogP contribution in [0.15, 0.2) is 66.7 Å². The SMILES string of the molecule is Cc1ccc(C2=CC3(C(=O)Nc4ccc(C)cc43)c3cc(C)ccc32)cc1. The summed E-state index contributed by atoms with van der Waals surface area (Å²) in [6, 6.07) is 21.2. The first kappa shape index (κ1) is 16.1. The van der Waals surface area contributed by atoms with Gasteiger partial charge in [0.15, 0.2) is 0 Å². The highest BCUT2D eigenvalue weighted by atomic mass is 16.2. The van der Waals surface area contributed by atoms with Gasteiger partial charge in [0, 0.05) is 5.69 Å². The third-order valence-electron chi connectivity index (χ3n) is 5.82. The molecule has 0 radical (unpaired) electrons. The number of rotatable bonds is 1. The molecule has 0 saturated carbocycles. The smallest absolute Gasteiger partial charge is 0.243 e. The fraction of sp³-hybridized carbons (Fsp3) is 0.160. The van der Waals surface area contributed by atoms with E-state index in [2.05, 4.69) is 86.8 Å². The second kappa shape index (κ2) is 5.43. The zero-order valence-electron chi connectivity index (χ0n) is 15.8. The highest BCUT2D eigenvalue weighted by Gasteiger charge is 2.51. The largest absolute Gasteiger partial charge is 0.324 e. The Labute approximate surface area is 159 Å². The van der Waals surface area contributed by atoms with Crippen molar-refractivity contribution in [1.82, 2.24) is 0 Å². The lowest BCUT2D eigenvalue weighted by molar-refractivity contribution is -0.118. The number of benzene rings is 3. The van der Waals surface area contributed by atoms with Crippen LogP contribution in [-0.4, -0.2) is 5.91 Å². The van der Waals surface area contributed by atoms with Crippen molar-refractivity contribution >= 4 is 17.2 Å². The van der Waals surface area contributed by atoms with Gasteiger partial charge in [0.1, 0.15) is 5.41 Å². The summed E-state index contributed by atoms with van der Waals surface area (Å²) >= 11 is 0. The van der Waals surface area contributed by atoms with Gasteiger partial charge in [-0.3, -0.25) is 4.79 Å². The van der Waals surface area contributed by atoms with Gasteiger partial charge in [-0.2, -0.15) is 0 Å². The minimum Gasteiger partial charge on any atom is -0.324 e. The number of hydrogen-bond donors (Lipinski definition) is 1. The average Bonchev–Trinajstić information content (AvgIpc) is 3.12. The van der Waals surface area contributed by atoms with Crippen LogP contribution in [0.1, 0.15) is 38.9 Å². The topological polar surface area (TPSA) is 29.1 Å². The lowest BCUT2D eigenvalue weighted by atomic mass is 9.76. The molecular weight excluding hydrogens is 330 g/mol. The average molecular weight is 351 g/mol. The normalized spacial score (nSPS) is 19.7. The van der Waals surface area contributed by atoms with Gasteiger partial charge in [-0.25, -0.2) is 0 Å². The first-order chi connectivity index (χ1) is 13.0. The van der Waals surface area contributed by atoms with Crippen LogP contribution in [-0.2, 0) is 10.2 Å². The van der Waals surface area contributed by atoms with Crippen molar-refractivity contribution in [2.75, 3.05) is 5.32 Å². The number of carbonyl (C=O) groups is 1. The van der Waals surface area contributed by atoms with Crippen molar-refractivity contribution in [1.29, 1.82) is 0 Å². The van der Waals surface area contributed by atoms with Gasteiger partial charge >= 0.3 is 0 Å². The molecule has 132 valence electrons. The van der Waals surface area contributed by atoms with Gasteiger partial charge in [-0.1, -0.05) is 77.4 Å². The molecule has 1 amide bonds. The number of aryl methyl sites for hydroxylation is 3. The third-order valence-corrected chi connectivity index (χ3v) is 5.82. The number of carbonyl (C=O) groups excluding carboxylic acids is 1. The number of hydrogen-bond acceptors (Lipinski definition) is 1. The zero-order valence-corrected chi connectivity index (χ0v) is 15.8. The summed E-state index contributed by atoms with van der Waals surface area (Å²) in [7, 11) is 0. The lowest BCUT2D eigenvalue weighted by Gasteiger charge is -2.22. The minimum absolute atomic E-state index is 0.0389. The molecule has 1 atom stereocenters. The fourth-order valence-corrected chi connectivity index (χ4v) is 4.41. The molecule has 0 saturated heterocycles. The molecule has 1 N–H and O–H groups in total. The third kappa shape index (κ3) is 2.16. The number of nitrogens with one attached hydrogen (secondary N) is 1. The van der Waals surface area contributed by atoms with Gasteiger partial charge in [0.25, 0.3) is 0 Å². The van der Waals surface area contributed by atoms with E-state index in [0.29, 0.717) is 0 Å². The monoisotopic (exact) mass is 351 g/mol. The summed E-state index contributed by atoms with van der Waals surface area (Å²) in [4.78, 5) is 13.3. The maximum absolute atomic E-state index is 13.3. The maximum Gasteiger partial charge on any atom is 0.243 e. The molecule has 1 spiro atoms. The van der Waals surface area contributed by atoms with E-state index in [1.807, 2.05) is 6.07 Å². The molecule has 2 aliphatic rings. The van der Waals surface area contributed by atoms with Gasteiger partial charge in [0.2, 0.25) is 5.91 Å². The molecule has 0 fully saturated rings. The van der Waals surface area contributed by atoms with E-state index in [-0.39, 0.29) is 5.91 Å². The highest BCUT2D eigenvalue weighted by Crippen LogP contribution is 2.52. The molecule has 0 aromatic heterocycles. The highest BCUT2D eigenvalue weighted by molar-refractivity contribution is 6.14. The number of anilines is 1. The van der Waals surface area contributed by atoms with Crippen LogP contribution in [0.4, 0.5) is 5.69 Å². The van der Waals surface area contributed by atoms with E-state index in [1.165, 1.54) is 11.1 Å². The molecule has 3 aromatic carbocycles. The zero-order chi connectivity index (χ0) is 18.8. The standard InChI is InChI=1S/C25H21NO/c1-15-4-8-18(9-5-15)20-14-25(21-12-16(2)6-10-19(20)21)22-13-17(3)7-11-23(22)26-24(25)27/h4-14H,1-3H3,(H,26,27). The minimum atomic E-state index is -0.747. The maximum atomic E-state index is 13.3. The molecule has 1 aliphatic carbocycles. The van der Waals surface area contributed by atoms with E-state index in [4.69, 9.17) is 0 Å². The summed E-state index contributed by atoms with van der Waals surface area (Å²) in [5.74, 6) is 0.0389. The molecule has 1 heterocycles. The second-order valence-corrected chi connectivity index (χ2v) is 7.78. The number of amides is 1. The summed E-state index contributed by atoms with van der Waals surface area (Å²) < 4.78 is 0. The molecule has 27 heavy (non-hydrogen) atoms. The Kier molecular flexibility index (Phi) is 3.23. The van der Waals surface area contributed by atoms with Gasteiger partial charge in [0.05, 0.1) is 0 Å². The molecular formula is C25H21NO. The Morgan fingerprint density at radius 3 is 2.11 bits per heavy atom. The summed E-state index contributed by atoms with van der Waals surface area (Å²) in [6.45, 7) is 6.25. The Bertz CT molecular complexity index is 1140. The summed E-state index contributed by atoms with van der Waals surface area (Å²) in [5, 5.41) is 3.12. The molecule has 1 unspecified atom stereocenters. The molecule has 2 nitrogen and oxygen atoms in total. The van der Waals surface area contributed by atoms with Crippen molar-refractivity contribution < 1.29 is 4.79 Å². The van der Waals surface area contributed by atoms with Crippen molar-refractivity contribution in [3.05, 3.63) is 106 Å². The Hall–Kier alpha value is -3.13. The van der Waals surface area contributed by atoms with Crippen molar-refractivity contribution in [2.45, 2.75) is 26.2 Å². The Morgan fingerprint density at radius 2 is 1.37 bits per heavy atom. The van der Waals surface area contributed by atoms with Crippen molar-refractivity contribution in [2.24, 2.45) is 0 Å². The Balaban J connectivity index is 1.84. The van der Waals surface area contributed by atoms with Crippen LogP contribution in [0, 0.1) is 20.8 Å². The van der Waals surface area contributed by atoms with E-state index in [9.17, 15) is 4.79 Å². The molecule has 3 aromatic rings. The second-order valence-electron chi connectivity index (χ2n) is 7.78. The van der Waals surface area contributed by atoms with Crippen LogP contribution in [0.25, 0.3) is 5.57 Å². The Morgan fingerprint density at radius 1 is 0.741 bits per heavy atom. The van der Waals surface area contributed by atoms with Crippen molar-refractivity contribution in [3.8, 4) is 0 Å². The van der Waals surface area contributed by atoms with E-state index in [1.54, 1.807) is 0 Å². The quantitative estimate of drug-likeness (QED) is 0.634. The molecule has 1 aliphatic heterocycles. The van der Waals surface area contributed by atoms with Crippen molar-refractivity contribution in [3.63, 3.8) is 0 Å². The van der Waals surface area contributed by atoms with E-state index >= 15 is 0 Å². The van der Waals surface area contributed by atoms with Gasteiger partial charge in [-0.15, -0.1) is 0 Å². The van der Waals surface area contributed by atoms with E-state index < -0.39 is 5.41 Å². The molecule has 5 rings (SSSR count). The summed E-state index contributed by atoms with van der Waals surface area (Å²) in [5.41, 5.74) is 9.30. The van der Waals surface area contributed by atoms with Crippen LogP contribution in [0.2, 0.25) is 0 Å². The first-order valence-electron chi connectivity index (χ1n) is 9.33. The van der Waals surface area contributed by atoms with Crippen LogP contribution < -0.4 is 5.32 Å². The summed E-state index contributed by atoms with van der Waals surface area (Å²) in [6.07, 6.45) is 2.17. The van der Waals surface area contributed by atoms with Gasteiger partial charge < -0.3 is 5.32 Å². The lowest BCUT2D eigenvalue weighted by Crippen LogP contribution is -2.32. The van der Waals surface area contributed by atoms with E-state index in [0.717, 1.165) is 39.1 Å². The molecule has 0 bridgehead atoms. The van der Waals surface area contributed by atoms with Crippen LogP contribution in [0.3, 0.4) is 0 Å². The molecule has 2 heteroatoms. The van der Waals surface area contributed by atoms with Crippen LogP contribution >= 0.6 is 0 Å². The fourth-order valence-electron chi connectivity index (χ4n) is 4.41. The number of fused-ring (bicyclic) bond motifs is 4. The van der Waals surface area contributed by atoms with Gasteiger partial charge in [-0.05, 0) is 54.7 Å². The predicted molar refractivity (Wildman–Crippen MR) is 110 cm³/mol. The first-order valence-corrected chi connectivity index (χ1v) is 9.33. The predicted octanol–water partition coefficient (Wildman–Crippen LogP) is 5.30. The van der Waals surface area contributed by atoms with Crippen LogP contribution in [0.5, 0.6) is 0 Å².